The van der Waals surface area contributed by atoms with E-state index in [0.29, 0.717) is 12.0 Å². The summed E-state index contributed by atoms with van der Waals surface area (Å²) in [4.78, 5) is 36.0. The van der Waals surface area contributed by atoms with Crippen molar-refractivity contribution in [3.05, 3.63) is 41.6 Å². The van der Waals surface area contributed by atoms with Crippen LogP contribution in [0, 0.1) is 0 Å². The first-order valence-electron chi connectivity index (χ1n) is 11.0. The van der Waals surface area contributed by atoms with Gasteiger partial charge in [0.15, 0.2) is 11.9 Å². The maximum atomic E-state index is 14.2. The first-order chi connectivity index (χ1) is 17.1. The summed E-state index contributed by atoms with van der Waals surface area (Å²) in [5.41, 5.74) is -2.08. The predicted octanol–water partition coefficient (Wildman–Crippen LogP) is 3.91. The summed E-state index contributed by atoms with van der Waals surface area (Å²) in [6.45, 7) is 2.49. The third-order valence-corrected chi connectivity index (χ3v) is 6.14. The predicted molar refractivity (Wildman–Crippen MR) is 128 cm³/mol. The molecule has 2 rings (SSSR count). The van der Waals surface area contributed by atoms with Crippen LogP contribution in [0.1, 0.15) is 26.7 Å². The van der Waals surface area contributed by atoms with Crippen molar-refractivity contribution in [1.29, 1.82) is 0 Å². The standard InChI is InChI=1S/C22H29ClF2N3O7P/c1-15(2)33-19(30)11-27-36(35-17-7-5-4-6-8-17)32-14-22(20(24)25)10-9-18(34-22)28(21(31)26-3)12-16(23)13-29/h4-8,12-13,15,18,20,27H,9-11,14H2,1-3H3,(H,26,31)/b16-12+. The fraction of sp³-hybridized carbons (Fsp3) is 0.500. The van der Waals surface area contributed by atoms with Crippen LogP contribution in [-0.2, 0) is 23.6 Å². The molecule has 0 aromatic heterocycles. The second-order valence-electron chi connectivity index (χ2n) is 7.88. The van der Waals surface area contributed by atoms with Gasteiger partial charge in [-0.15, -0.1) is 0 Å². The number of urea groups is 1. The van der Waals surface area contributed by atoms with Gasteiger partial charge in [0.05, 0.1) is 17.7 Å². The molecular formula is C22H29ClF2N3O7P. The van der Waals surface area contributed by atoms with Crippen molar-refractivity contribution in [2.75, 3.05) is 20.2 Å². The van der Waals surface area contributed by atoms with Gasteiger partial charge in [-0.1, -0.05) is 29.8 Å². The molecule has 1 fully saturated rings. The van der Waals surface area contributed by atoms with Gasteiger partial charge in [0.1, 0.15) is 18.5 Å². The van der Waals surface area contributed by atoms with Gasteiger partial charge in [-0.2, -0.15) is 0 Å². The fourth-order valence-electron chi connectivity index (χ4n) is 3.13. The molecule has 10 nitrogen and oxygen atoms in total. The Hall–Kier alpha value is -2.37. The largest absolute Gasteiger partial charge is 0.462 e. The van der Waals surface area contributed by atoms with E-state index in [1.165, 1.54) is 7.05 Å². The molecule has 36 heavy (non-hydrogen) atoms. The van der Waals surface area contributed by atoms with Crippen molar-refractivity contribution < 1.29 is 41.7 Å². The van der Waals surface area contributed by atoms with E-state index >= 15 is 0 Å². The van der Waals surface area contributed by atoms with Crippen LogP contribution in [0.25, 0.3) is 0 Å². The number of amides is 2. The normalized spacial score (nSPS) is 20.8. The number of aldehydes is 1. The Kier molecular flexibility index (Phi) is 11.9. The van der Waals surface area contributed by atoms with Crippen LogP contribution in [0.4, 0.5) is 13.6 Å². The van der Waals surface area contributed by atoms with E-state index in [0.717, 1.165) is 11.1 Å². The van der Waals surface area contributed by atoms with Crippen LogP contribution in [-0.4, -0.2) is 67.7 Å². The highest BCUT2D eigenvalue weighted by atomic mass is 35.5. The maximum Gasteiger partial charge on any atom is 0.323 e. The van der Waals surface area contributed by atoms with Crippen molar-refractivity contribution in [1.82, 2.24) is 15.3 Å². The van der Waals surface area contributed by atoms with Crippen molar-refractivity contribution in [3.63, 3.8) is 0 Å². The van der Waals surface area contributed by atoms with Crippen LogP contribution >= 0.6 is 20.1 Å². The molecule has 2 N–H and O–H groups in total. The molecule has 0 radical (unpaired) electrons. The van der Waals surface area contributed by atoms with Crippen molar-refractivity contribution >= 4 is 38.4 Å². The van der Waals surface area contributed by atoms with Gasteiger partial charge in [-0.05, 0) is 38.8 Å². The molecule has 1 aliphatic rings. The van der Waals surface area contributed by atoms with Crippen molar-refractivity contribution in [3.8, 4) is 5.75 Å². The molecule has 14 heteroatoms. The van der Waals surface area contributed by atoms with Crippen LogP contribution in [0.2, 0.25) is 0 Å². The summed E-state index contributed by atoms with van der Waals surface area (Å²) in [6, 6.07) is 7.78. The molecule has 3 unspecified atom stereocenters. The summed E-state index contributed by atoms with van der Waals surface area (Å²) < 4.78 is 50.6. The minimum absolute atomic E-state index is 0.0201. The molecule has 0 aliphatic carbocycles. The molecule has 1 aliphatic heterocycles. The number of esters is 1. The Balaban J connectivity index is 2.15. The average molecular weight is 552 g/mol. The lowest BCUT2D eigenvalue weighted by atomic mass is 10.0. The van der Waals surface area contributed by atoms with E-state index < -0.39 is 45.4 Å². The van der Waals surface area contributed by atoms with Gasteiger partial charge in [-0.25, -0.2) is 18.7 Å². The number of halogens is 3. The van der Waals surface area contributed by atoms with Gasteiger partial charge in [0.25, 0.3) is 6.43 Å². The van der Waals surface area contributed by atoms with E-state index in [-0.39, 0.29) is 30.5 Å². The number of nitrogens with one attached hydrogen (secondary N) is 2. The quantitative estimate of drug-likeness (QED) is 0.164. The third kappa shape index (κ3) is 8.94. The molecular weight excluding hydrogens is 523 g/mol. The lowest BCUT2D eigenvalue weighted by Crippen LogP contribution is -2.47. The number of allylic oxidation sites excluding steroid dienone is 1. The van der Waals surface area contributed by atoms with E-state index in [2.05, 4.69) is 10.4 Å². The Morgan fingerprint density at radius 1 is 1.33 bits per heavy atom. The maximum absolute atomic E-state index is 14.2. The number of benzene rings is 1. The highest BCUT2D eigenvalue weighted by Crippen LogP contribution is 2.42. The fourth-order valence-corrected chi connectivity index (χ4v) is 4.35. The van der Waals surface area contributed by atoms with Gasteiger partial charge >= 0.3 is 20.5 Å². The second-order valence-corrected chi connectivity index (χ2v) is 9.59. The average Bonchev–Trinajstić information content (AvgIpc) is 3.29. The SMILES string of the molecule is CNC(=O)N(/C=C(/Cl)C=O)C1CCC(COP(NCC(=O)OC(C)C)Oc2ccccc2)(C(F)F)O1. The number of nitrogens with zero attached hydrogens (tertiary/aromatic N) is 1. The van der Waals surface area contributed by atoms with Crippen LogP contribution in [0.15, 0.2) is 41.6 Å². The molecule has 1 saturated heterocycles. The molecule has 1 heterocycles. The molecule has 1 aromatic rings. The first kappa shape index (κ1) is 29.9. The molecule has 3 atom stereocenters. The Labute approximate surface area is 214 Å². The zero-order chi connectivity index (χ0) is 26.7. The van der Waals surface area contributed by atoms with Gasteiger partial charge in [0.2, 0.25) is 0 Å². The Bertz CT molecular complexity index is 913. The third-order valence-electron chi connectivity index (χ3n) is 4.79. The van der Waals surface area contributed by atoms with E-state index in [9.17, 15) is 23.2 Å². The van der Waals surface area contributed by atoms with E-state index in [4.69, 9.17) is 30.1 Å². The smallest absolute Gasteiger partial charge is 0.323 e. The molecule has 0 saturated carbocycles. The van der Waals surface area contributed by atoms with E-state index in [1.54, 1.807) is 44.2 Å². The number of ether oxygens (including phenoxy) is 2. The number of carbonyl (C=O) groups is 3. The lowest BCUT2D eigenvalue weighted by Gasteiger charge is -2.32. The number of carbonyl (C=O) groups excluding carboxylic acids is 3. The zero-order valence-corrected chi connectivity index (χ0v) is 21.6. The summed E-state index contributed by atoms with van der Waals surface area (Å²) in [5, 5.41) is 4.78. The highest BCUT2D eigenvalue weighted by molar-refractivity contribution is 7.45. The summed E-state index contributed by atoms with van der Waals surface area (Å²) in [7, 11) is -0.731. The molecule has 0 spiro atoms. The van der Waals surface area contributed by atoms with Gasteiger partial charge < -0.3 is 23.8 Å². The number of alkyl halides is 2. The molecule has 1 aromatic carbocycles. The monoisotopic (exact) mass is 551 g/mol. The summed E-state index contributed by atoms with van der Waals surface area (Å²) in [5.74, 6) is -0.178. The Morgan fingerprint density at radius 2 is 2.03 bits per heavy atom. The van der Waals surface area contributed by atoms with E-state index in [1.807, 2.05) is 0 Å². The molecule has 0 bridgehead atoms. The van der Waals surface area contributed by atoms with Crippen LogP contribution in [0.5, 0.6) is 5.75 Å². The minimum atomic E-state index is -2.99. The van der Waals surface area contributed by atoms with Crippen molar-refractivity contribution in [2.45, 2.75) is 51.0 Å². The number of rotatable bonds is 13. The molecule has 200 valence electrons. The first-order valence-corrected chi connectivity index (χ1v) is 12.5. The minimum Gasteiger partial charge on any atom is -0.462 e. The highest BCUT2D eigenvalue weighted by Gasteiger charge is 2.51. The second kappa shape index (κ2) is 14.4. The lowest BCUT2D eigenvalue weighted by molar-refractivity contribution is -0.167. The number of para-hydroxylation sites is 1. The summed E-state index contributed by atoms with van der Waals surface area (Å²) in [6.07, 6.45) is -3.29. The topological polar surface area (TPSA) is 115 Å². The van der Waals surface area contributed by atoms with Crippen LogP contribution < -0.4 is 14.9 Å². The number of hydrogen-bond donors (Lipinski definition) is 2. The van der Waals surface area contributed by atoms with Gasteiger partial charge in [-0.3, -0.25) is 14.5 Å². The van der Waals surface area contributed by atoms with Crippen LogP contribution in [0.3, 0.4) is 0 Å². The Morgan fingerprint density at radius 3 is 2.61 bits per heavy atom. The van der Waals surface area contributed by atoms with Crippen molar-refractivity contribution in [2.24, 2.45) is 0 Å². The number of hydrogen-bond acceptors (Lipinski definition) is 8. The van der Waals surface area contributed by atoms with Gasteiger partial charge in [0, 0.05) is 13.2 Å². The zero-order valence-electron chi connectivity index (χ0n) is 20.0. The summed E-state index contributed by atoms with van der Waals surface area (Å²) >= 11 is 5.73. The molecule has 2 amide bonds.